The van der Waals surface area contributed by atoms with Crippen molar-refractivity contribution in [1.29, 1.82) is 0 Å². The van der Waals surface area contributed by atoms with Gasteiger partial charge in [-0.25, -0.2) is 0 Å². The van der Waals surface area contributed by atoms with Crippen LogP contribution >= 0.6 is 0 Å². The molecule has 2 aromatic heterocycles. The summed E-state index contributed by atoms with van der Waals surface area (Å²) in [5.74, 6) is 1.42. The predicted molar refractivity (Wildman–Crippen MR) is 105 cm³/mol. The van der Waals surface area contributed by atoms with Crippen LogP contribution in [0.3, 0.4) is 0 Å². The normalized spacial score (nSPS) is 13.7. The Morgan fingerprint density at radius 1 is 1.11 bits per heavy atom. The van der Waals surface area contributed by atoms with E-state index in [0.717, 1.165) is 17.1 Å². The lowest BCUT2D eigenvalue weighted by atomic mass is 10.2. The third-order valence-corrected chi connectivity index (χ3v) is 4.35. The Kier molecular flexibility index (Phi) is 5.88. The van der Waals surface area contributed by atoms with E-state index in [2.05, 4.69) is 25.9 Å². The third kappa shape index (κ3) is 4.35. The molecule has 4 N–H and O–H groups in total. The van der Waals surface area contributed by atoms with E-state index < -0.39 is 12.1 Å². The number of benzene rings is 1. The molecular formula is C19H26N6O2. The van der Waals surface area contributed by atoms with Gasteiger partial charge in [-0.3, -0.25) is 0 Å². The number of fused-ring (bicyclic) bond motifs is 1. The van der Waals surface area contributed by atoms with Gasteiger partial charge in [0.05, 0.1) is 24.4 Å². The van der Waals surface area contributed by atoms with Crippen molar-refractivity contribution in [3.05, 3.63) is 47.8 Å². The van der Waals surface area contributed by atoms with E-state index >= 15 is 0 Å². The van der Waals surface area contributed by atoms with Gasteiger partial charge in [-0.05, 0) is 12.5 Å². The number of nitrogens with one attached hydrogen (secondary N) is 2. The van der Waals surface area contributed by atoms with Crippen LogP contribution in [0.4, 0.5) is 11.5 Å². The summed E-state index contributed by atoms with van der Waals surface area (Å²) in [6.45, 7) is 6.11. The molecule has 3 rings (SSSR count). The highest BCUT2D eigenvalue weighted by atomic mass is 16.3. The maximum absolute atomic E-state index is 9.81. The molecule has 0 amide bonds. The number of aromatic nitrogens is 4. The van der Waals surface area contributed by atoms with Crippen molar-refractivity contribution in [3.8, 4) is 0 Å². The Morgan fingerprint density at radius 2 is 1.85 bits per heavy atom. The van der Waals surface area contributed by atoms with Gasteiger partial charge in [0.25, 0.3) is 0 Å². The molecule has 1 aromatic carbocycles. The van der Waals surface area contributed by atoms with Crippen LogP contribution in [0, 0.1) is 0 Å². The van der Waals surface area contributed by atoms with E-state index in [1.54, 1.807) is 11.4 Å². The van der Waals surface area contributed by atoms with Crippen molar-refractivity contribution in [2.45, 2.75) is 45.4 Å². The first-order valence-electron chi connectivity index (χ1n) is 9.09. The van der Waals surface area contributed by atoms with Crippen molar-refractivity contribution in [2.75, 3.05) is 17.2 Å². The number of hydrogen-bond acceptors (Lipinski definition) is 7. The van der Waals surface area contributed by atoms with E-state index in [4.69, 9.17) is 0 Å². The number of hydrogen-bond donors (Lipinski definition) is 4. The topological polar surface area (TPSA) is 108 Å². The molecule has 0 bridgehead atoms. The standard InChI is InChI=1S/C19H26N6O2/c1-12(2)18-22-23-19-15(20-10-14-7-5-4-6-8-14)9-17(24-25(18)19)21-16(11-26)13(3)27/h4-9,12-13,16,20,26-27H,10-11H2,1-3H3,(H,21,24)/t13-,16-/m0/s1. The van der Waals surface area contributed by atoms with Gasteiger partial charge in [0.15, 0.2) is 5.82 Å². The van der Waals surface area contributed by atoms with Crippen molar-refractivity contribution < 1.29 is 10.2 Å². The van der Waals surface area contributed by atoms with Crippen LogP contribution in [0.1, 0.15) is 38.1 Å². The maximum atomic E-state index is 9.81. The molecule has 2 heterocycles. The second kappa shape index (κ2) is 8.32. The lowest BCUT2D eigenvalue weighted by molar-refractivity contribution is 0.132. The second-order valence-corrected chi connectivity index (χ2v) is 6.90. The highest BCUT2D eigenvalue weighted by Gasteiger charge is 2.18. The summed E-state index contributed by atoms with van der Waals surface area (Å²) < 4.78 is 1.71. The Morgan fingerprint density at radius 3 is 2.48 bits per heavy atom. The lowest BCUT2D eigenvalue weighted by Gasteiger charge is -2.20. The van der Waals surface area contributed by atoms with Crippen LogP contribution in [0.5, 0.6) is 0 Å². The number of anilines is 2. The van der Waals surface area contributed by atoms with Gasteiger partial charge in [-0.15, -0.1) is 15.3 Å². The highest BCUT2D eigenvalue weighted by molar-refractivity contribution is 5.70. The Hall–Kier alpha value is -2.71. The fourth-order valence-electron chi connectivity index (χ4n) is 2.76. The van der Waals surface area contributed by atoms with Crippen LogP contribution < -0.4 is 10.6 Å². The minimum absolute atomic E-state index is 0.148. The Bertz CT molecular complexity index is 879. The molecule has 0 saturated carbocycles. The highest BCUT2D eigenvalue weighted by Crippen LogP contribution is 2.23. The van der Waals surface area contributed by atoms with Crippen LogP contribution in [-0.4, -0.2) is 48.8 Å². The summed E-state index contributed by atoms with van der Waals surface area (Å²) in [5.41, 5.74) is 2.55. The van der Waals surface area contributed by atoms with E-state index in [0.29, 0.717) is 18.0 Å². The molecule has 0 aliphatic rings. The molecule has 27 heavy (non-hydrogen) atoms. The van der Waals surface area contributed by atoms with Crippen molar-refractivity contribution in [2.24, 2.45) is 0 Å². The van der Waals surface area contributed by atoms with Crippen LogP contribution in [0.2, 0.25) is 0 Å². The fraction of sp³-hybridized carbons (Fsp3) is 0.421. The van der Waals surface area contributed by atoms with Crippen LogP contribution in [0.15, 0.2) is 36.4 Å². The molecule has 144 valence electrons. The van der Waals surface area contributed by atoms with Gasteiger partial charge in [0.2, 0.25) is 5.65 Å². The molecule has 0 saturated heterocycles. The molecule has 0 fully saturated rings. The summed E-state index contributed by atoms with van der Waals surface area (Å²) >= 11 is 0. The van der Waals surface area contributed by atoms with E-state index in [1.807, 2.05) is 50.2 Å². The largest absolute Gasteiger partial charge is 0.394 e. The Balaban J connectivity index is 1.96. The van der Waals surface area contributed by atoms with E-state index in [1.165, 1.54) is 0 Å². The second-order valence-electron chi connectivity index (χ2n) is 6.90. The molecule has 0 radical (unpaired) electrons. The van der Waals surface area contributed by atoms with Gasteiger partial charge in [0, 0.05) is 18.5 Å². The summed E-state index contributed by atoms with van der Waals surface area (Å²) in [4.78, 5) is 0. The predicted octanol–water partition coefficient (Wildman–Crippen LogP) is 2.01. The van der Waals surface area contributed by atoms with Gasteiger partial charge in [0.1, 0.15) is 5.82 Å². The van der Waals surface area contributed by atoms with E-state index in [9.17, 15) is 10.2 Å². The zero-order chi connectivity index (χ0) is 19.4. The first kappa shape index (κ1) is 19.1. The van der Waals surface area contributed by atoms with Crippen molar-refractivity contribution >= 4 is 17.2 Å². The molecule has 3 aromatic rings. The minimum atomic E-state index is -0.723. The van der Waals surface area contributed by atoms with Crippen molar-refractivity contribution in [3.63, 3.8) is 0 Å². The molecule has 0 aliphatic heterocycles. The molecule has 8 nitrogen and oxygen atoms in total. The summed E-state index contributed by atoms with van der Waals surface area (Å²) in [7, 11) is 0. The fourth-order valence-corrected chi connectivity index (χ4v) is 2.76. The molecule has 2 atom stereocenters. The SMILES string of the molecule is CC(C)c1nnc2c(NCc3ccccc3)cc(N[C@@H](CO)[C@H](C)O)nn12. The van der Waals surface area contributed by atoms with Crippen LogP contribution in [-0.2, 0) is 6.54 Å². The summed E-state index contributed by atoms with van der Waals surface area (Å²) in [5, 5.41) is 38.9. The molecule has 0 aliphatic carbocycles. The number of nitrogens with zero attached hydrogens (tertiary/aromatic N) is 4. The number of aliphatic hydroxyl groups is 2. The Labute approximate surface area is 158 Å². The first-order chi connectivity index (χ1) is 13.0. The average molecular weight is 370 g/mol. The minimum Gasteiger partial charge on any atom is -0.394 e. The zero-order valence-electron chi connectivity index (χ0n) is 15.8. The smallest absolute Gasteiger partial charge is 0.201 e. The van der Waals surface area contributed by atoms with Crippen molar-refractivity contribution in [1.82, 2.24) is 19.8 Å². The van der Waals surface area contributed by atoms with E-state index in [-0.39, 0.29) is 12.5 Å². The number of aliphatic hydroxyl groups excluding tert-OH is 2. The van der Waals surface area contributed by atoms with Gasteiger partial charge in [-0.2, -0.15) is 4.52 Å². The van der Waals surface area contributed by atoms with Gasteiger partial charge in [-0.1, -0.05) is 44.2 Å². The quantitative estimate of drug-likeness (QED) is 0.480. The summed E-state index contributed by atoms with van der Waals surface area (Å²) in [6, 6.07) is 11.4. The first-order valence-corrected chi connectivity index (χ1v) is 9.09. The monoisotopic (exact) mass is 370 g/mol. The third-order valence-electron chi connectivity index (χ3n) is 4.35. The van der Waals surface area contributed by atoms with Crippen LogP contribution in [0.25, 0.3) is 5.65 Å². The average Bonchev–Trinajstić information content (AvgIpc) is 3.09. The molecule has 0 unspecified atom stereocenters. The lowest BCUT2D eigenvalue weighted by Crippen LogP contribution is -2.35. The molecular weight excluding hydrogens is 344 g/mol. The molecule has 8 heteroatoms. The van der Waals surface area contributed by atoms with Gasteiger partial charge < -0.3 is 20.8 Å². The maximum Gasteiger partial charge on any atom is 0.201 e. The zero-order valence-corrected chi connectivity index (χ0v) is 15.8. The summed E-state index contributed by atoms with van der Waals surface area (Å²) in [6.07, 6.45) is -0.723. The molecule has 0 spiro atoms. The van der Waals surface area contributed by atoms with Gasteiger partial charge >= 0.3 is 0 Å². The number of rotatable bonds is 8.